The minimum Gasteiger partial charge on any atom is -0.336 e. The van der Waals surface area contributed by atoms with E-state index in [-0.39, 0.29) is 23.5 Å². The number of hydrogen-bond acceptors (Lipinski definition) is 4. The van der Waals surface area contributed by atoms with Gasteiger partial charge in [-0.15, -0.1) is 0 Å². The lowest BCUT2D eigenvalue weighted by atomic mass is 10.1. The zero-order valence-electron chi connectivity index (χ0n) is 10.4. The highest BCUT2D eigenvalue weighted by Gasteiger charge is 2.18. The van der Waals surface area contributed by atoms with Gasteiger partial charge in [0.15, 0.2) is 5.03 Å². The van der Waals surface area contributed by atoms with Gasteiger partial charge < -0.3 is 10.3 Å². The summed E-state index contributed by atoms with van der Waals surface area (Å²) in [4.78, 5) is 3.85. The number of sulfonamides is 1. The summed E-state index contributed by atoms with van der Waals surface area (Å²) >= 11 is 0. The van der Waals surface area contributed by atoms with Crippen LogP contribution in [0.25, 0.3) is 0 Å². The topological polar surface area (TPSA) is 90.0 Å². The van der Waals surface area contributed by atoms with Crippen molar-refractivity contribution in [2.24, 2.45) is 11.7 Å². The fourth-order valence-corrected chi connectivity index (χ4v) is 2.19. The van der Waals surface area contributed by atoms with Crippen LogP contribution in [0.15, 0.2) is 17.6 Å². The van der Waals surface area contributed by atoms with E-state index < -0.39 is 10.0 Å². The smallest absolute Gasteiger partial charge is 0.259 e. The summed E-state index contributed by atoms with van der Waals surface area (Å²) in [6.07, 6.45) is 3.00. The average molecular weight is 260 g/mol. The summed E-state index contributed by atoms with van der Waals surface area (Å²) in [6.45, 7) is 6.72. The highest BCUT2D eigenvalue weighted by molar-refractivity contribution is 7.89. The molecule has 0 amide bonds. The Morgan fingerprint density at radius 2 is 2.18 bits per heavy atom. The molecule has 0 aromatic carbocycles. The largest absolute Gasteiger partial charge is 0.336 e. The van der Waals surface area contributed by atoms with Gasteiger partial charge in [0, 0.05) is 25.3 Å². The first-order valence-electron chi connectivity index (χ1n) is 5.63. The number of nitrogens with two attached hydrogens (primary N) is 1. The predicted molar refractivity (Wildman–Crippen MR) is 65.9 cm³/mol. The predicted octanol–water partition coefficient (Wildman–Crippen LogP) is 0.165. The first-order chi connectivity index (χ1) is 7.86. The fourth-order valence-electron chi connectivity index (χ4n) is 1.17. The van der Waals surface area contributed by atoms with E-state index in [2.05, 4.69) is 9.71 Å². The lowest BCUT2D eigenvalue weighted by molar-refractivity contribution is 0.481. The maximum atomic E-state index is 11.8. The van der Waals surface area contributed by atoms with Gasteiger partial charge in [-0.2, -0.15) is 0 Å². The lowest BCUT2D eigenvalue weighted by Crippen LogP contribution is -2.40. The van der Waals surface area contributed by atoms with E-state index in [4.69, 9.17) is 5.73 Å². The van der Waals surface area contributed by atoms with Crippen LogP contribution in [0.2, 0.25) is 0 Å². The number of aromatic nitrogens is 2. The van der Waals surface area contributed by atoms with E-state index in [1.165, 1.54) is 12.5 Å². The Bertz CT molecular complexity index is 453. The third-order valence-electron chi connectivity index (χ3n) is 2.62. The summed E-state index contributed by atoms with van der Waals surface area (Å²) in [6, 6.07) is -0.196. The average Bonchev–Trinajstić information content (AvgIpc) is 2.75. The molecule has 0 radical (unpaired) electrons. The number of nitrogens with one attached hydrogen (secondary N) is 1. The summed E-state index contributed by atoms with van der Waals surface area (Å²) in [5, 5.41) is 0.0373. The Kier molecular flexibility index (Phi) is 4.67. The van der Waals surface area contributed by atoms with Gasteiger partial charge in [0.1, 0.15) is 0 Å². The van der Waals surface area contributed by atoms with Crippen molar-refractivity contribution in [1.29, 1.82) is 0 Å². The van der Waals surface area contributed by atoms with Gasteiger partial charge in [0.2, 0.25) is 0 Å². The van der Waals surface area contributed by atoms with Gasteiger partial charge in [-0.3, -0.25) is 0 Å². The van der Waals surface area contributed by atoms with E-state index in [0.29, 0.717) is 6.54 Å². The zero-order chi connectivity index (χ0) is 13.1. The van der Waals surface area contributed by atoms with Crippen molar-refractivity contribution in [3.8, 4) is 0 Å². The molecule has 0 spiro atoms. The van der Waals surface area contributed by atoms with Crippen LogP contribution >= 0.6 is 0 Å². The second-order valence-corrected chi connectivity index (χ2v) is 6.02. The van der Waals surface area contributed by atoms with Crippen molar-refractivity contribution >= 4 is 10.0 Å². The number of rotatable bonds is 6. The number of imidazole rings is 1. The highest BCUT2D eigenvalue weighted by Crippen LogP contribution is 2.05. The maximum absolute atomic E-state index is 11.8. The molecule has 1 aromatic rings. The van der Waals surface area contributed by atoms with Crippen molar-refractivity contribution < 1.29 is 8.42 Å². The molecule has 0 saturated heterocycles. The van der Waals surface area contributed by atoms with Gasteiger partial charge in [-0.25, -0.2) is 18.1 Å². The van der Waals surface area contributed by atoms with Crippen molar-refractivity contribution in [3.63, 3.8) is 0 Å². The van der Waals surface area contributed by atoms with Crippen LogP contribution in [0.5, 0.6) is 0 Å². The second kappa shape index (κ2) is 5.61. The Morgan fingerprint density at radius 3 is 2.65 bits per heavy atom. The standard InChI is InChI=1S/C10H20N4O2S/c1-4-14-6-10(12-7-14)17(15,16)13-5-9(11)8(2)3/h6-9,13H,4-5,11H2,1-3H3. The van der Waals surface area contributed by atoms with Crippen LogP contribution in [0, 0.1) is 5.92 Å². The highest BCUT2D eigenvalue weighted by atomic mass is 32.2. The van der Waals surface area contributed by atoms with E-state index in [0.717, 1.165) is 0 Å². The minimum absolute atomic E-state index is 0.0373. The van der Waals surface area contributed by atoms with Crippen LogP contribution in [0.3, 0.4) is 0 Å². The van der Waals surface area contributed by atoms with E-state index in [1.54, 1.807) is 4.57 Å². The van der Waals surface area contributed by atoms with Crippen molar-refractivity contribution in [2.45, 2.75) is 38.4 Å². The second-order valence-electron chi connectivity index (χ2n) is 4.30. The Morgan fingerprint density at radius 1 is 1.53 bits per heavy atom. The van der Waals surface area contributed by atoms with Gasteiger partial charge in [0.05, 0.1) is 6.33 Å². The van der Waals surface area contributed by atoms with Crippen LogP contribution in [-0.2, 0) is 16.6 Å². The zero-order valence-corrected chi connectivity index (χ0v) is 11.2. The molecule has 98 valence electrons. The van der Waals surface area contributed by atoms with Crippen LogP contribution in [0.1, 0.15) is 20.8 Å². The number of nitrogens with zero attached hydrogens (tertiary/aromatic N) is 2. The van der Waals surface area contributed by atoms with Crippen molar-refractivity contribution in [2.75, 3.05) is 6.54 Å². The molecule has 0 saturated carbocycles. The Hall–Kier alpha value is -0.920. The molecular weight excluding hydrogens is 240 g/mol. The van der Waals surface area contributed by atoms with E-state index in [1.807, 2.05) is 20.8 Å². The molecule has 1 rings (SSSR count). The Balaban J connectivity index is 2.69. The SMILES string of the molecule is CCn1cnc(S(=O)(=O)NCC(N)C(C)C)c1. The fraction of sp³-hybridized carbons (Fsp3) is 0.700. The number of aryl methyl sites for hydroxylation is 1. The summed E-state index contributed by atoms with van der Waals surface area (Å²) in [7, 11) is -3.54. The molecule has 0 aliphatic carbocycles. The lowest BCUT2D eigenvalue weighted by Gasteiger charge is -2.15. The minimum atomic E-state index is -3.54. The molecule has 1 heterocycles. The third kappa shape index (κ3) is 3.79. The van der Waals surface area contributed by atoms with Crippen molar-refractivity contribution in [3.05, 3.63) is 12.5 Å². The van der Waals surface area contributed by atoms with Crippen LogP contribution < -0.4 is 10.5 Å². The molecule has 1 atom stereocenters. The molecule has 0 aliphatic heterocycles. The third-order valence-corrected chi connectivity index (χ3v) is 3.92. The van der Waals surface area contributed by atoms with Crippen LogP contribution in [-0.4, -0.2) is 30.6 Å². The molecule has 7 heteroatoms. The molecule has 3 N–H and O–H groups in total. The van der Waals surface area contributed by atoms with E-state index in [9.17, 15) is 8.42 Å². The molecule has 0 fully saturated rings. The normalized spacial score (nSPS) is 14.2. The first-order valence-corrected chi connectivity index (χ1v) is 7.12. The summed E-state index contributed by atoms with van der Waals surface area (Å²) in [5.74, 6) is 0.228. The Labute approximate surface area is 102 Å². The molecule has 6 nitrogen and oxygen atoms in total. The molecule has 0 bridgehead atoms. The quantitative estimate of drug-likeness (QED) is 0.762. The van der Waals surface area contributed by atoms with Gasteiger partial charge in [-0.05, 0) is 12.8 Å². The van der Waals surface area contributed by atoms with Gasteiger partial charge in [-0.1, -0.05) is 13.8 Å². The van der Waals surface area contributed by atoms with E-state index >= 15 is 0 Å². The monoisotopic (exact) mass is 260 g/mol. The van der Waals surface area contributed by atoms with Crippen LogP contribution in [0.4, 0.5) is 0 Å². The van der Waals surface area contributed by atoms with Gasteiger partial charge >= 0.3 is 0 Å². The molecule has 1 unspecified atom stereocenters. The molecule has 1 aromatic heterocycles. The number of hydrogen-bond donors (Lipinski definition) is 2. The molecular formula is C10H20N4O2S. The van der Waals surface area contributed by atoms with Crippen molar-refractivity contribution in [1.82, 2.24) is 14.3 Å². The maximum Gasteiger partial charge on any atom is 0.259 e. The molecule has 17 heavy (non-hydrogen) atoms. The summed E-state index contributed by atoms with van der Waals surface area (Å²) in [5.41, 5.74) is 5.78. The van der Waals surface area contributed by atoms with Gasteiger partial charge in [0.25, 0.3) is 10.0 Å². The molecule has 0 aliphatic rings. The summed E-state index contributed by atoms with van der Waals surface area (Å²) < 4.78 is 27.9. The first kappa shape index (κ1) is 14.1.